The maximum absolute atomic E-state index is 12.7. The van der Waals surface area contributed by atoms with E-state index in [1.54, 1.807) is 0 Å². The van der Waals surface area contributed by atoms with E-state index in [9.17, 15) is 4.79 Å². The monoisotopic (exact) mass is 416 g/mol. The second-order valence-corrected chi connectivity index (χ2v) is 7.85. The van der Waals surface area contributed by atoms with Gasteiger partial charge in [-0.05, 0) is 61.1 Å². The van der Waals surface area contributed by atoms with Gasteiger partial charge in [-0.15, -0.1) is 0 Å². The molecule has 0 amide bonds. The van der Waals surface area contributed by atoms with Gasteiger partial charge in [0, 0.05) is 43.8 Å². The molecule has 6 nitrogen and oxygen atoms in total. The molecule has 1 aromatic carbocycles. The van der Waals surface area contributed by atoms with E-state index in [4.69, 9.17) is 17.0 Å². The normalized spacial score (nSPS) is 14.8. The molecule has 1 saturated heterocycles. The minimum Gasteiger partial charge on any atom is -0.379 e. The van der Waals surface area contributed by atoms with Gasteiger partial charge in [-0.1, -0.05) is 13.0 Å². The highest BCUT2D eigenvalue weighted by atomic mass is 32.1. The number of fused-ring (bicyclic) bond motifs is 1. The van der Waals surface area contributed by atoms with Gasteiger partial charge in [-0.3, -0.25) is 9.69 Å². The topological polar surface area (TPSA) is 60.6 Å². The number of morpholine rings is 1. The van der Waals surface area contributed by atoms with E-state index in [1.165, 1.54) is 5.56 Å². The molecule has 1 aliphatic rings. The van der Waals surface area contributed by atoms with Gasteiger partial charge in [0.15, 0.2) is 5.11 Å². The number of rotatable bonds is 8. The molecule has 2 aromatic rings. The number of aryl methyl sites for hydroxylation is 1. The largest absolute Gasteiger partial charge is 0.379 e. The Kier molecular flexibility index (Phi) is 8.03. The summed E-state index contributed by atoms with van der Waals surface area (Å²) in [5.74, 6) is 0. The van der Waals surface area contributed by atoms with Crippen LogP contribution in [0, 0.1) is 0 Å². The molecular formula is C22H32N4O2S. The van der Waals surface area contributed by atoms with E-state index in [0.29, 0.717) is 11.7 Å². The van der Waals surface area contributed by atoms with Crippen LogP contribution in [0.2, 0.25) is 0 Å². The van der Waals surface area contributed by atoms with Crippen molar-refractivity contribution in [2.24, 2.45) is 0 Å². The van der Waals surface area contributed by atoms with Gasteiger partial charge in [0.2, 0.25) is 0 Å². The van der Waals surface area contributed by atoms with E-state index in [0.717, 1.165) is 75.2 Å². The smallest absolute Gasteiger partial charge is 0.253 e. The van der Waals surface area contributed by atoms with Gasteiger partial charge >= 0.3 is 0 Å². The molecular weight excluding hydrogens is 384 g/mol. The Labute approximate surface area is 178 Å². The zero-order valence-corrected chi connectivity index (χ0v) is 18.3. The summed E-state index contributed by atoms with van der Waals surface area (Å²) in [4.78, 5) is 20.2. The summed E-state index contributed by atoms with van der Waals surface area (Å²) in [6, 6.07) is 8.22. The Morgan fingerprint density at radius 2 is 2.07 bits per heavy atom. The first-order valence-corrected chi connectivity index (χ1v) is 11.0. The molecule has 2 heterocycles. The van der Waals surface area contributed by atoms with Gasteiger partial charge in [-0.25, -0.2) is 0 Å². The van der Waals surface area contributed by atoms with E-state index < -0.39 is 0 Å². The highest BCUT2D eigenvalue weighted by Gasteiger charge is 2.15. The van der Waals surface area contributed by atoms with Crippen molar-refractivity contribution < 1.29 is 4.74 Å². The van der Waals surface area contributed by atoms with Crippen LogP contribution in [0.15, 0.2) is 29.1 Å². The SMILES string of the molecule is CCNC(=S)N(CCCN1CCOCC1)Cc1cc2cc(CC)ccc2[nH]c1=O. The average molecular weight is 417 g/mol. The van der Waals surface area contributed by atoms with Crippen LogP contribution in [0.3, 0.4) is 0 Å². The van der Waals surface area contributed by atoms with Crippen molar-refractivity contribution in [3.05, 3.63) is 45.7 Å². The van der Waals surface area contributed by atoms with Crippen molar-refractivity contribution >= 4 is 28.2 Å². The summed E-state index contributed by atoms with van der Waals surface area (Å²) in [6.07, 6.45) is 1.97. The van der Waals surface area contributed by atoms with Crippen molar-refractivity contribution in [3.8, 4) is 0 Å². The molecule has 2 N–H and O–H groups in total. The summed E-state index contributed by atoms with van der Waals surface area (Å²) in [5, 5.41) is 5.02. The van der Waals surface area contributed by atoms with Crippen LogP contribution in [0.25, 0.3) is 10.9 Å². The number of H-pyrrole nitrogens is 1. The first-order chi connectivity index (χ1) is 14.1. The lowest BCUT2D eigenvalue weighted by Gasteiger charge is -2.29. The lowest BCUT2D eigenvalue weighted by molar-refractivity contribution is 0.0367. The highest BCUT2D eigenvalue weighted by Crippen LogP contribution is 2.15. The fourth-order valence-electron chi connectivity index (χ4n) is 3.67. The standard InChI is InChI=1S/C22H32N4O2S/c1-3-17-6-7-20-18(14-17)15-19(21(27)24-20)16-26(22(29)23-4-2)9-5-8-25-10-12-28-13-11-25/h6-7,14-15H,3-5,8-13,16H2,1-2H3,(H,23,29)(H,24,27). The molecule has 1 aliphatic heterocycles. The lowest BCUT2D eigenvalue weighted by atomic mass is 10.1. The van der Waals surface area contributed by atoms with Crippen LogP contribution in [0.1, 0.15) is 31.4 Å². The minimum absolute atomic E-state index is 0.0424. The Balaban J connectivity index is 1.72. The molecule has 7 heteroatoms. The molecule has 0 unspecified atom stereocenters. The highest BCUT2D eigenvalue weighted by molar-refractivity contribution is 7.80. The zero-order chi connectivity index (χ0) is 20.6. The van der Waals surface area contributed by atoms with Crippen LogP contribution in [-0.4, -0.2) is 65.8 Å². The molecule has 0 saturated carbocycles. The quantitative estimate of drug-likeness (QED) is 0.645. The fourth-order valence-corrected chi connectivity index (χ4v) is 3.97. The molecule has 0 atom stereocenters. The summed E-state index contributed by atoms with van der Waals surface area (Å²) in [5.41, 5.74) is 2.85. The van der Waals surface area contributed by atoms with E-state index in [-0.39, 0.29) is 5.56 Å². The van der Waals surface area contributed by atoms with Crippen molar-refractivity contribution in [2.75, 3.05) is 45.9 Å². The lowest BCUT2D eigenvalue weighted by Crippen LogP contribution is -2.42. The number of benzene rings is 1. The molecule has 29 heavy (non-hydrogen) atoms. The van der Waals surface area contributed by atoms with Crippen LogP contribution in [-0.2, 0) is 17.7 Å². The first-order valence-electron chi connectivity index (χ1n) is 10.6. The predicted octanol–water partition coefficient (Wildman–Crippen LogP) is 2.51. The van der Waals surface area contributed by atoms with Gasteiger partial charge in [0.25, 0.3) is 5.56 Å². The second kappa shape index (κ2) is 10.7. The first kappa shape index (κ1) is 21.7. The van der Waals surface area contributed by atoms with Crippen LogP contribution in [0.5, 0.6) is 0 Å². The zero-order valence-electron chi connectivity index (χ0n) is 17.5. The third-order valence-corrected chi connectivity index (χ3v) is 5.78. The van der Waals surface area contributed by atoms with E-state index in [2.05, 4.69) is 39.2 Å². The molecule has 0 bridgehead atoms. The van der Waals surface area contributed by atoms with E-state index >= 15 is 0 Å². The number of nitrogens with zero attached hydrogens (tertiary/aromatic N) is 2. The summed E-state index contributed by atoms with van der Waals surface area (Å²) >= 11 is 5.59. The summed E-state index contributed by atoms with van der Waals surface area (Å²) in [6.45, 7) is 10.9. The average Bonchev–Trinajstić information content (AvgIpc) is 2.74. The van der Waals surface area contributed by atoms with Crippen molar-refractivity contribution in [2.45, 2.75) is 33.2 Å². The Morgan fingerprint density at radius 1 is 1.28 bits per heavy atom. The molecule has 3 rings (SSSR count). The summed E-state index contributed by atoms with van der Waals surface area (Å²) < 4.78 is 5.42. The number of thiocarbonyl (C=S) groups is 1. The molecule has 0 aliphatic carbocycles. The Morgan fingerprint density at radius 3 is 2.79 bits per heavy atom. The number of aromatic nitrogens is 1. The number of hydrogen-bond donors (Lipinski definition) is 2. The number of hydrogen-bond acceptors (Lipinski definition) is 4. The molecule has 0 spiro atoms. The fraction of sp³-hybridized carbons (Fsp3) is 0.545. The van der Waals surface area contributed by atoms with Crippen molar-refractivity contribution in [1.29, 1.82) is 0 Å². The second-order valence-electron chi connectivity index (χ2n) is 7.46. The molecule has 1 fully saturated rings. The molecule has 0 radical (unpaired) electrons. The number of ether oxygens (including phenoxy) is 1. The Bertz CT molecular complexity index is 877. The van der Waals surface area contributed by atoms with Gasteiger partial charge in [0.1, 0.15) is 0 Å². The van der Waals surface area contributed by atoms with Crippen LogP contribution in [0.4, 0.5) is 0 Å². The third-order valence-electron chi connectivity index (χ3n) is 5.38. The van der Waals surface area contributed by atoms with E-state index in [1.807, 2.05) is 19.1 Å². The third kappa shape index (κ3) is 6.01. The van der Waals surface area contributed by atoms with Crippen molar-refractivity contribution in [3.63, 3.8) is 0 Å². The van der Waals surface area contributed by atoms with Crippen LogP contribution >= 0.6 is 12.2 Å². The predicted molar refractivity (Wildman–Crippen MR) is 123 cm³/mol. The van der Waals surface area contributed by atoms with Gasteiger partial charge < -0.3 is 19.9 Å². The maximum atomic E-state index is 12.7. The number of nitrogens with one attached hydrogen (secondary N) is 2. The van der Waals surface area contributed by atoms with Gasteiger partial charge in [-0.2, -0.15) is 0 Å². The number of aromatic amines is 1. The molecule has 158 valence electrons. The number of pyridine rings is 1. The van der Waals surface area contributed by atoms with Gasteiger partial charge in [0.05, 0.1) is 19.8 Å². The summed E-state index contributed by atoms with van der Waals surface area (Å²) in [7, 11) is 0. The minimum atomic E-state index is -0.0424. The van der Waals surface area contributed by atoms with Crippen LogP contribution < -0.4 is 10.9 Å². The maximum Gasteiger partial charge on any atom is 0.253 e. The molecule has 1 aromatic heterocycles. The Hall–Kier alpha value is -1.96. The van der Waals surface area contributed by atoms with Crippen molar-refractivity contribution in [1.82, 2.24) is 20.1 Å².